The Morgan fingerprint density at radius 3 is 2.39 bits per heavy atom. The third kappa shape index (κ3) is 3.10. The minimum absolute atomic E-state index is 0.736. The fourth-order valence-corrected chi connectivity index (χ4v) is 3.57. The molecule has 1 aliphatic carbocycles. The van der Waals surface area contributed by atoms with Crippen LogP contribution in [0.2, 0.25) is 0 Å². The predicted octanol–water partition coefficient (Wildman–Crippen LogP) is 6.08. The van der Waals surface area contributed by atoms with Gasteiger partial charge in [0.15, 0.2) is 0 Å². The molecule has 0 radical (unpaired) electrons. The van der Waals surface area contributed by atoms with E-state index in [0.717, 1.165) is 18.3 Å². The summed E-state index contributed by atoms with van der Waals surface area (Å²) >= 11 is 0. The smallest absolute Gasteiger partial charge is 0.127 e. The highest BCUT2D eigenvalue weighted by atomic mass is 16.5. The average molecular weight is 302 g/mol. The molecule has 0 bridgehead atoms. The van der Waals surface area contributed by atoms with Gasteiger partial charge in [-0.3, -0.25) is 0 Å². The summed E-state index contributed by atoms with van der Waals surface area (Å²) in [6, 6.07) is 23.6. The van der Waals surface area contributed by atoms with Crippen molar-refractivity contribution in [2.75, 3.05) is 6.61 Å². The van der Waals surface area contributed by atoms with E-state index in [2.05, 4.69) is 66.7 Å². The Morgan fingerprint density at radius 1 is 0.783 bits per heavy atom. The maximum absolute atomic E-state index is 6.19. The first-order chi connectivity index (χ1) is 11.4. The molecule has 23 heavy (non-hydrogen) atoms. The first-order valence-corrected chi connectivity index (χ1v) is 8.61. The second-order valence-electron chi connectivity index (χ2n) is 6.52. The lowest BCUT2D eigenvalue weighted by Crippen LogP contribution is -2.08. The number of hydrogen-bond donors (Lipinski definition) is 0. The van der Waals surface area contributed by atoms with Gasteiger partial charge < -0.3 is 4.74 Å². The van der Waals surface area contributed by atoms with E-state index >= 15 is 0 Å². The van der Waals surface area contributed by atoms with Gasteiger partial charge in [-0.25, -0.2) is 0 Å². The maximum Gasteiger partial charge on any atom is 0.127 e. The monoisotopic (exact) mass is 302 g/mol. The Balaban J connectivity index is 1.64. The van der Waals surface area contributed by atoms with Gasteiger partial charge in [0.1, 0.15) is 5.75 Å². The van der Waals surface area contributed by atoms with Crippen molar-refractivity contribution in [2.24, 2.45) is 5.92 Å². The number of para-hydroxylation sites is 1. The molecule has 1 heteroatoms. The van der Waals surface area contributed by atoms with E-state index < -0.39 is 0 Å². The van der Waals surface area contributed by atoms with Gasteiger partial charge in [-0.15, -0.1) is 0 Å². The number of ether oxygens (including phenoxy) is 1. The van der Waals surface area contributed by atoms with Crippen molar-refractivity contribution in [3.05, 3.63) is 66.7 Å². The highest BCUT2D eigenvalue weighted by Crippen LogP contribution is 2.33. The van der Waals surface area contributed by atoms with Crippen LogP contribution in [0.1, 0.15) is 25.7 Å². The van der Waals surface area contributed by atoms with Crippen LogP contribution in [-0.2, 0) is 0 Å². The van der Waals surface area contributed by atoms with Gasteiger partial charge in [0.25, 0.3) is 0 Å². The fraction of sp³-hybridized carbons (Fsp3) is 0.273. The summed E-state index contributed by atoms with van der Waals surface area (Å²) in [5.74, 6) is 1.74. The quantitative estimate of drug-likeness (QED) is 0.568. The van der Waals surface area contributed by atoms with Crippen LogP contribution < -0.4 is 4.74 Å². The molecule has 3 aromatic rings. The topological polar surface area (TPSA) is 9.23 Å². The van der Waals surface area contributed by atoms with Crippen LogP contribution in [0.4, 0.5) is 0 Å². The highest BCUT2D eigenvalue weighted by Gasteiger charge is 2.16. The number of rotatable bonds is 4. The zero-order chi connectivity index (χ0) is 15.5. The zero-order valence-corrected chi connectivity index (χ0v) is 13.4. The SMILES string of the molecule is c1ccc(-c2ccc3ccccc3c2)c(OCC2CCCC2)c1. The van der Waals surface area contributed by atoms with E-state index in [1.165, 1.54) is 47.6 Å². The fourth-order valence-electron chi connectivity index (χ4n) is 3.57. The number of fused-ring (bicyclic) bond motifs is 1. The standard InChI is InChI=1S/C22H22O/c1-2-8-17(7-1)16-23-22-12-6-5-11-21(22)20-14-13-18-9-3-4-10-19(18)15-20/h3-6,9-15,17H,1-2,7-8,16H2. The summed E-state index contributed by atoms with van der Waals surface area (Å²) in [5, 5.41) is 2.55. The van der Waals surface area contributed by atoms with Gasteiger partial charge in [0, 0.05) is 5.56 Å². The maximum atomic E-state index is 6.19. The lowest BCUT2D eigenvalue weighted by Gasteiger charge is -2.15. The van der Waals surface area contributed by atoms with Gasteiger partial charge in [0.05, 0.1) is 6.61 Å². The molecule has 0 aromatic heterocycles. The normalized spacial score (nSPS) is 15.1. The highest BCUT2D eigenvalue weighted by molar-refractivity contribution is 5.88. The van der Waals surface area contributed by atoms with E-state index in [1.807, 2.05) is 0 Å². The summed E-state index contributed by atoms with van der Waals surface area (Å²) in [6.45, 7) is 0.852. The lowest BCUT2D eigenvalue weighted by molar-refractivity contribution is 0.253. The molecule has 1 nitrogen and oxygen atoms in total. The Bertz CT molecular complexity index is 800. The van der Waals surface area contributed by atoms with Gasteiger partial charge in [-0.1, -0.05) is 67.4 Å². The summed E-state index contributed by atoms with van der Waals surface area (Å²) in [4.78, 5) is 0. The van der Waals surface area contributed by atoms with Crippen molar-refractivity contribution in [1.82, 2.24) is 0 Å². The van der Waals surface area contributed by atoms with E-state index in [4.69, 9.17) is 4.74 Å². The van der Waals surface area contributed by atoms with Crippen molar-refractivity contribution < 1.29 is 4.74 Å². The molecule has 3 aromatic carbocycles. The molecule has 0 saturated heterocycles. The predicted molar refractivity (Wildman–Crippen MR) is 96.8 cm³/mol. The van der Waals surface area contributed by atoms with Crippen molar-refractivity contribution in [3.63, 3.8) is 0 Å². The second kappa shape index (κ2) is 6.45. The molecular weight excluding hydrogens is 280 g/mol. The Kier molecular flexibility index (Phi) is 4.02. The summed E-state index contributed by atoms with van der Waals surface area (Å²) < 4.78 is 6.19. The van der Waals surface area contributed by atoms with E-state index in [-0.39, 0.29) is 0 Å². The molecule has 0 heterocycles. The van der Waals surface area contributed by atoms with E-state index in [1.54, 1.807) is 0 Å². The Labute approximate surface area is 137 Å². The van der Waals surface area contributed by atoms with Crippen LogP contribution in [-0.4, -0.2) is 6.61 Å². The molecule has 0 N–H and O–H groups in total. The van der Waals surface area contributed by atoms with Crippen molar-refractivity contribution in [1.29, 1.82) is 0 Å². The molecule has 116 valence electrons. The Morgan fingerprint density at radius 2 is 1.52 bits per heavy atom. The largest absolute Gasteiger partial charge is 0.493 e. The van der Waals surface area contributed by atoms with Crippen molar-refractivity contribution in [2.45, 2.75) is 25.7 Å². The molecule has 0 unspecified atom stereocenters. The Hall–Kier alpha value is -2.28. The molecule has 1 aliphatic rings. The van der Waals surface area contributed by atoms with E-state index in [0.29, 0.717) is 0 Å². The minimum atomic E-state index is 0.736. The number of hydrogen-bond acceptors (Lipinski definition) is 1. The third-order valence-corrected chi connectivity index (χ3v) is 4.90. The van der Waals surface area contributed by atoms with Crippen LogP contribution in [0.25, 0.3) is 21.9 Å². The molecule has 0 amide bonds. The summed E-state index contributed by atoms with van der Waals surface area (Å²) in [7, 11) is 0. The summed E-state index contributed by atoms with van der Waals surface area (Å²) in [6.07, 6.45) is 5.36. The van der Waals surface area contributed by atoms with Gasteiger partial charge in [-0.2, -0.15) is 0 Å². The van der Waals surface area contributed by atoms with Crippen molar-refractivity contribution >= 4 is 10.8 Å². The number of benzene rings is 3. The van der Waals surface area contributed by atoms with Crippen LogP contribution in [0.15, 0.2) is 66.7 Å². The van der Waals surface area contributed by atoms with Crippen molar-refractivity contribution in [3.8, 4) is 16.9 Å². The molecular formula is C22H22O. The lowest BCUT2D eigenvalue weighted by atomic mass is 10.0. The van der Waals surface area contributed by atoms with Gasteiger partial charge >= 0.3 is 0 Å². The van der Waals surface area contributed by atoms with Crippen LogP contribution in [0.3, 0.4) is 0 Å². The van der Waals surface area contributed by atoms with Crippen LogP contribution in [0.5, 0.6) is 5.75 Å². The first-order valence-electron chi connectivity index (χ1n) is 8.61. The first kappa shape index (κ1) is 14.3. The molecule has 0 spiro atoms. The summed E-state index contributed by atoms with van der Waals surface area (Å²) in [5.41, 5.74) is 2.42. The zero-order valence-electron chi connectivity index (χ0n) is 13.4. The van der Waals surface area contributed by atoms with Gasteiger partial charge in [-0.05, 0) is 47.2 Å². The average Bonchev–Trinajstić information content (AvgIpc) is 3.13. The molecule has 1 saturated carbocycles. The molecule has 4 rings (SSSR count). The molecule has 0 atom stereocenters. The van der Waals surface area contributed by atoms with Crippen LogP contribution >= 0.6 is 0 Å². The second-order valence-corrected chi connectivity index (χ2v) is 6.52. The van der Waals surface area contributed by atoms with E-state index in [9.17, 15) is 0 Å². The minimum Gasteiger partial charge on any atom is -0.493 e. The third-order valence-electron chi connectivity index (χ3n) is 4.90. The molecule has 1 fully saturated rings. The van der Waals surface area contributed by atoms with Crippen LogP contribution in [0, 0.1) is 5.92 Å². The molecule has 0 aliphatic heterocycles. The van der Waals surface area contributed by atoms with Gasteiger partial charge in [0.2, 0.25) is 0 Å².